The average Bonchev–Trinajstić information content (AvgIpc) is 1.63. The standard InChI is InChI=1S/C2H2O4S3/c3-1(7)5-9-6-2(4)8/h(H,3,7)(H,4,8). The Balaban J connectivity index is 3.10. The summed E-state index contributed by atoms with van der Waals surface area (Å²) >= 11 is 6.62. The topological polar surface area (TPSA) is 52.6 Å². The molecule has 0 unspecified atom stereocenters. The van der Waals surface area contributed by atoms with E-state index in [0.717, 1.165) is 0 Å². The van der Waals surface area contributed by atoms with Crippen molar-refractivity contribution in [1.29, 1.82) is 0 Å². The average molecular weight is 186 g/mol. The molecule has 0 rings (SSSR count). The van der Waals surface area contributed by atoms with Crippen LogP contribution in [0, 0.1) is 0 Å². The monoisotopic (exact) mass is 186 g/mol. The van der Waals surface area contributed by atoms with Crippen molar-refractivity contribution in [2.45, 2.75) is 0 Å². The molecule has 0 aromatic heterocycles. The maximum atomic E-state index is 9.83. The maximum Gasteiger partial charge on any atom is 0.378 e. The Kier molecular flexibility index (Phi) is 4.83. The molecule has 0 aliphatic heterocycles. The van der Waals surface area contributed by atoms with Gasteiger partial charge in [0.15, 0.2) is 0 Å². The largest absolute Gasteiger partial charge is 0.378 e. The second-order valence-electron chi connectivity index (χ2n) is 0.767. The lowest BCUT2D eigenvalue weighted by molar-refractivity contribution is 0.222. The number of hydrogen-bond donors (Lipinski definition) is 2. The third-order valence-corrected chi connectivity index (χ3v) is 1.08. The maximum absolute atomic E-state index is 9.83. The first-order chi connectivity index (χ1) is 4.13. The molecule has 9 heavy (non-hydrogen) atoms. The van der Waals surface area contributed by atoms with Gasteiger partial charge in [0, 0.05) is 0 Å². The fourth-order valence-corrected chi connectivity index (χ4v) is 0.408. The summed E-state index contributed by atoms with van der Waals surface area (Å²) in [6.07, 6.45) is 0. The van der Waals surface area contributed by atoms with E-state index in [0.29, 0.717) is 0 Å². The summed E-state index contributed by atoms with van der Waals surface area (Å²) in [5.74, 6) is 0. The van der Waals surface area contributed by atoms with E-state index >= 15 is 0 Å². The fraction of sp³-hybridized carbons (Fsp3) is 0. The van der Waals surface area contributed by atoms with Crippen LogP contribution in [-0.2, 0) is 8.37 Å². The first-order valence-electron chi connectivity index (χ1n) is 1.60. The van der Waals surface area contributed by atoms with Crippen molar-refractivity contribution in [2.24, 2.45) is 0 Å². The molecule has 0 bridgehead atoms. The number of hydrogen-bond acceptors (Lipinski definition) is 5. The highest BCUT2D eigenvalue weighted by atomic mass is 32.2. The van der Waals surface area contributed by atoms with Gasteiger partial charge in [0.1, 0.15) is 0 Å². The molecule has 0 aliphatic carbocycles. The highest BCUT2D eigenvalue weighted by molar-refractivity contribution is 8.00. The normalized spacial score (nSPS) is 8.22. The van der Waals surface area contributed by atoms with E-state index in [1.54, 1.807) is 0 Å². The zero-order valence-corrected chi connectivity index (χ0v) is 6.54. The molecule has 52 valence electrons. The molecule has 7 heteroatoms. The van der Waals surface area contributed by atoms with Gasteiger partial charge in [-0.25, -0.2) is 9.59 Å². The Morgan fingerprint density at radius 1 is 1.11 bits per heavy atom. The van der Waals surface area contributed by atoms with E-state index < -0.39 is 10.6 Å². The second-order valence-corrected chi connectivity index (χ2v) is 1.97. The molecule has 0 aromatic rings. The van der Waals surface area contributed by atoms with E-state index in [1.165, 1.54) is 0 Å². The summed E-state index contributed by atoms with van der Waals surface area (Å²) in [5, 5.41) is -1.68. The van der Waals surface area contributed by atoms with Gasteiger partial charge in [0.05, 0.1) is 0 Å². The first kappa shape index (κ1) is 8.99. The van der Waals surface area contributed by atoms with Gasteiger partial charge in [-0.1, -0.05) is 25.3 Å². The number of rotatable bonds is 2. The molecule has 0 heterocycles. The van der Waals surface area contributed by atoms with Gasteiger partial charge in [-0.05, 0) is 0 Å². The van der Waals surface area contributed by atoms with Crippen LogP contribution in [0.1, 0.15) is 0 Å². The van der Waals surface area contributed by atoms with Crippen molar-refractivity contribution >= 4 is 48.2 Å². The molecule has 0 radical (unpaired) electrons. The smallest absolute Gasteiger partial charge is 0.346 e. The molecule has 0 spiro atoms. The van der Waals surface area contributed by atoms with Crippen LogP contribution in [-0.4, -0.2) is 10.6 Å². The molecule has 0 atom stereocenters. The summed E-state index contributed by atoms with van der Waals surface area (Å²) in [6, 6.07) is 0. The van der Waals surface area contributed by atoms with Crippen molar-refractivity contribution in [3.63, 3.8) is 0 Å². The minimum atomic E-state index is -0.838. The van der Waals surface area contributed by atoms with Crippen molar-refractivity contribution in [3.8, 4) is 0 Å². The van der Waals surface area contributed by atoms with Gasteiger partial charge in [0.25, 0.3) is 12.3 Å². The second kappa shape index (κ2) is 4.83. The van der Waals surface area contributed by atoms with Crippen LogP contribution in [0.25, 0.3) is 0 Å². The van der Waals surface area contributed by atoms with E-state index in [-0.39, 0.29) is 12.3 Å². The number of carbonyl (C=O) groups is 2. The highest BCUT2D eigenvalue weighted by Gasteiger charge is 1.98. The lowest BCUT2D eigenvalue weighted by Crippen LogP contribution is -1.87. The van der Waals surface area contributed by atoms with Gasteiger partial charge in [-0.15, -0.1) is 0 Å². The molecular formula is C2H2O4S3. The van der Waals surface area contributed by atoms with Crippen molar-refractivity contribution < 1.29 is 18.0 Å². The van der Waals surface area contributed by atoms with Gasteiger partial charge < -0.3 is 8.37 Å². The molecule has 4 nitrogen and oxygen atoms in total. The Bertz CT molecular complexity index is 109. The Morgan fingerprint density at radius 2 is 1.44 bits per heavy atom. The predicted molar refractivity (Wildman–Crippen MR) is 38.5 cm³/mol. The quantitative estimate of drug-likeness (QED) is 0.507. The first-order valence-corrected chi connectivity index (χ1v) is 3.16. The van der Waals surface area contributed by atoms with Crippen LogP contribution in [0.3, 0.4) is 0 Å². The van der Waals surface area contributed by atoms with Gasteiger partial charge >= 0.3 is 10.6 Å². The molecular weight excluding hydrogens is 184 g/mol. The summed E-state index contributed by atoms with van der Waals surface area (Å²) < 4.78 is 8.01. The minimum Gasteiger partial charge on any atom is -0.346 e. The zero-order valence-electron chi connectivity index (χ0n) is 3.94. The molecule has 0 N–H and O–H groups in total. The zero-order chi connectivity index (χ0) is 7.28. The Morgan fingerprint density at radius 3 is 1.67 bits per heavy atom. The van der Waals surface area contributed by atoms with Gasteiger partial charge in [0.2, 0.25) is 0 Å². The van der Waals surface area contributed by atoms with Crippen LogP contribution in [0.2, 0.25) is 0 Å². The van der Waals surface area contributed by atoms with E-state index in [4.69, 9.17) is 0 Å². The van der Waals surface area contributed by atoms with Crippen LogP contribution < -0.4 is 0 Å². The van der Waals surface area contributed by atoms with Crippen molar-refractivity contribution in [1.82, 2.24) is 0 Å². The summed E-state index contributed by atoms with van der Waals surface area (Å²) in [5.41, 5.74) is 0. The van der Waals surface area contributed by atoms with Crippen LogP contribution in [0.5, 0.6) is 0 Å². The van der Waals surface area contributed by atoms with Gasteiger partial charge in [-0.2, -0.15) is 0 Å². The van der Waals surface area contributed by atoms with Crippen LogP contribution >= 0.6 is 37.6 Å². The van der Waals surface area contributed by atoms with E-state index in [2.05, 4.69) is 33.6 Å². The lowest BCUT2D eigenvalue weighted by atomic mass is 11.6. The van der Waals surface area contributed by atoms with Gasteiger partial charge in [-0.3, -0.25) is 0 Å². The molecule has 0 fully saturated rings. The highest BCUT2D eigenvalue weighted by Crippen LogP contribution is 2.08. The molecule has 0 saturated heterocycles. The molecule has 0 amide bonds. The fourth-order valence-electron chi connectivity index (χ4n) is 0.0752. The third-order valence-electron chi connectivity index (χ3n) is 0.211. The van der Waals surface area contributed by atoms with E-state index in [9.17, 15) is 9.59 Å². The van der Waals surface area contributed by atoms with Crippen molar-refractivity contribution in [3.05, 3.63) is 0 Å². The Labute approximate surface area is 66.5 Å². The number of thiol groups is 2. The van der Waals surface area contributed by atoms with Crippen molar-refractivity contribution in [2.75, 3.05) is 0 Å². The minimum absolute atomic E-state index is 0.218. The van der Waals surface area contributed by atoms with E-state index in [1.807, 2.05) is 0 Å². The molecule has 0 aromatic carbocycles. The van der Waals surface area contributed by atoms with Crippen LogP contribution in [0.4, 0.5) is 9.59 Å². The summed E-state index contributed by atoms with van der Waals surface area (Å²) in [4.78, 5) is 19.7. The molecule has 0 aliphatic rings. The summed E-state index contributed by atoms with van der Waals surface area (Å²) in [6.45, 7) is 0. The molecule has 0 saturated carbocycles. The number of carbonyl (C=O) groups excluding carboxylic acids is 2. The Hall–Kier alpha value is -0.0100. The van der Waals surface area contributed by atoms with Crippen LogP contribution in [0.15, 0.2) is 0 Å². The predicted octanol–water partition coefficient (Wildman–Crippen LogP) is 1.68. The SMILES string of the molecule is O=C(S)OSOC(=O)S. The lowest BCUT2D eigenvalue weighted by Gasteiger charge is -1.92. The third kappa shape index (κ3) is 7.99. The summed E-state index contributed by atoms with van der Waals surface area (Å²) in [7, 11) is 0.